The zero-order valence-electron chi connectivity index (χ0n) is 14.1. The molecule has 0 spiro atoms. The Bertz CT molecular complexity index is 994. The molecule has 4 rings (SSSR count). The van der Waals surface area contributed by atoms with E-state index in [-0.39, 0.29) is 24.8 Å². The number of imidazole rings is 1. The molecule has 1 fully saturated rings. The standard InChI is InChI=1S/C19H17N3O4/c1-26-13-8-6-12(7-9-13)21-18(24)10-16(19(21)25)22-15-5-3-2-4-14(15)20-17(22)11-23/h2-9,16,23H,10-11H2,1H3/t16-/m1/s1. The van der Waals surface area contributed by atoms with Gasteiger partial charge in [-0.2, -0.15) is 0 Å². The van der Waals surface area contributed by atoms with Gasteiger partial charge in [-0.1, -0.05) is 12.1 Å². The third kappa shape index (κ3) is 2.44. The van der Waals surface area contributed by atoms with Crippen molar-refractivity contribution in [1.82, 2.24) is 9.55 Å². The smallest absolute Gasteiger partial charge is 0.257 e. The molecule has 7 heteroatoms. The molecule has 1 saturated heterocycles. The van der Waals surface area contributed by atoms with Crippen LogP contribution in [0.15, 0.2) is 48.5 Å². The summed E-state index contributed by atoms with van der Waals surface area (Å²) in [5, 5.41) is 9.67. The first kappa shape index (κ1) is 16.3. The van der Waals surface area contributed by atoms with Crippen LogP contribution in [0.5, 0.6) is 5.75 Å². The van der Waals surface area contributed by atoms with Gasteiger partial charge < -0.3 is 14.4 Å². The summed E-state index contributed by atoms with van der Waals surface area (Å²) in [6.45, 7) is -0.310. The molecule has 1 aliphatic heterocycles. The van der Waals surface area contributed by atoms with Crippen molar-refractivity contribution in [2.45, 2.75) is 19.1 Å². The van der Waals surface area contributed by atoms with Crippen LogP contribution in [0.3, 0.4) is 0 Å². The molecular formula is C19H17N3O4. The van der Waals surface area contributed by atoms with Gasteiger partial charge in [0.05, 0.1) is 30.3 Å². The van der Waals surface area contributed by atoms with Gasteiger partial charge in [0.2, 0.25) is 5.91 Å². The molecule has 2 aromatic carbocycles. The molecule has 132 valence electrons. The molecule has 7 nitrogen and oxygen atoms in total. The number of aliphatic hydroxyl groups is 1. The van der Waals surface area contributed by atoms with Crippen molar-refractivity contribution in [1.29, 1.82) is 0 Å². The number of rotatable bonds is 4. The minimum atomic E-state index is -0.723. The zero-order valence-corrected chi connectivity index (χ0v) is 14.1. The minimum Gasteiger partial charge on any atom is -0.497 e. The van der Waals surface area contributed by atoms with Gasteiger partial charge in [0.15, 0.2) is 0 Å². The first-order valence-corrected chi connectivity index (χ1v) is 8.21. The molecule has 0 aliphatic carbocycles. The highest BCUT2D eigenvalue weighted by atomic mass is 16.5. The predicted molar refractivity (Wildman–Crippen MR) is 94.8 cm³/mol. The van der Waals surface area contributed by atoms with Crippen molar-refractivity contribution in [2.24, 2.45) is 0 Å². The van der Waals surface area contributed by atoms with E-state index in [1.807, 2.05) is 24.3 Å². The summed E-state index contributed by atoms with van der Waals surface area (Å²) in [5.41, 5.74) is 1.90. The maximum Gasteiger partial charge on any atom is 0.257 e. The SMILES string of the molecule is COc1ccc(N2C(=O)C[C@@H](n3c(CO)nc4ccccc43)C2=O)cc1. The normalized spacial score (nSPS) is 17.3. The Labute approximate surface area is 149 Å². The number of hydrogen-bond donors (Lipinski definition) is 1. The van der Waals surface area contributed by atoms with Gasteiger partial charge in [0, 0.05) is 0 Å². The Kier molecular flexibility index (Phi) is 3.93. The van der Waals surface area contributed by atoms with E-state index in [0.29, 0.717) is 22.8 Å². The average molecular weight is 351 g/mol. The first-order chi connectivity index (χ1) is 12.6. The molecule has 1 aliphatic rings. The van der Waals surface area contributed by atoms with Crippen LogP contribution >= 0.6 is 0 Å². The van der Waals surface area contributed by atoms with Gasteiger partial charge in [-0.05, 0) is 36.4 Å². The molecule has 0 radical (unpaired) electrons. The number of fused-ring (bicyclic) bond motifs is 1. The second-order valence-electron chi connectivity index (χ2n) is 6.03. The number of ether oxygens (including phenoxy) is 1. The monoisotopic (exact) mass is 351 g/mol. The minimum absolute atomic E-state index is 0.0260. The topological polar surface area (TPSA) is 84.7 Å². The van der Waals surface area contributed by atoms with E-state index < -0.39 is 6.04 Å². The third-order valence-corrected chi connectivity index (χ3v) is 4.58. The lowest BCUT2D eigenvalue weighted by Gasteiger charge is -2.17. The molecule has 1 aromatic heterocycles. The molecule has 0 saturated carbocycles. The number of carbonyl (C=O) groups excluding carboxylic acids is 2. The molecule has 1 N–H and O–H groups in total. The van der Waals surface area contributed by atoms with Crippen molar-refractivity contribution < 1.29 is 19.4 Å². The van der Waals surface area contributed by atoms with Crippen LogP contribution in [0.2, 0.25) is 0 Å². The summed E-state index contributed by atoms with van der Waals surface area (Å²) >= 11 is 0. The van der Waals surface area contributed by atoms with E-state index in [1.165, 1.54) is 4.90 Å². The Morgan fingerprint density at radius 1 is 1.15 bits per heavy atom. The largest absolute Gasteiger partial charge is 0.497 e. The van der Waals surface area contributed by atoms with Gasteiger partial charge >= 0.3 is 0 Å². The van der Waals surface area contributed by atoms with Crippen molar-refractivity contribution >= 4 is 28.5 Å². The third-order valence-electron chi connectivity index (χ3n) is 4.58. The number of methoxy groups -OCH3 is 1. The lowest BCUT2D eigenvalue weighted by molar-refractivity contribution is -0.122. The van der Waals surface area contributed by atoms with Gasteiger partial charge in [-0.3, -0.25) is 9.59 Å². The number of anilines is 1. The molecule has 0 bridgehead atoms. The van der Waals surface area contributed by atoms with E-state index in [0.717, 1.165) is 5.52 Å². The van der Waals surface area contributed by atoms with Crippen LogP contribution in [-0.4, -0.2) is 33.6 Å². The van der Waals surface area contributed by atoms with Crippen LogP contribution < -0.4 is 9.64 Å². The number of aliphatic hydroxyl groups excluding tert-OH is 1. The molecule has 26 heavy (non-hydrogen) atoms. The van der Waals surface area contributed by atoms with Crippen molar-refractivity contribution in [3.8, 4) is 5.75 Å². The predicted octanol–water partition coefficient (Wildman–Crippen LogP) is 2.04. The Balaban J connectivity index is 1.76. The number of amides is 2. The Hall–Kier alpha value is -3.19. The molecule has 0 unspecified atom stereocenters. The van der Waals surface area contributed by atoms with Crippen molar-refractivity contribution in [3.63, 3.8) is 0 Å². The highest BCUT2D eigenvalue weighted by Gasteiger charge is 2.42. The summed E-state index contributed by atoms with van der Waals surface area (Å²) in [7, 11) is 1.55. The summed E-state index contributed by atoms with van der Waals surface area (Å²) in [6.07, 6.45) is 0.0260. The summed E-state index contributed by atoms with van der Waals surface area (Å²) in [4.78, 5) is 31.1. The number of imide groups is 1. The second kappa shape index (κ2) is 6.27. The number of para-hydroxylation sites is 2. The number of carbonyl (C=O) groups is 2. The molecular weight excluding hydrogens is 334 g/mol. The fourth-order valence-electron chi connectivity index (χ4n) is 3.37. The van der Waals surface area contributed by atoms with Gasteiger partial charge in [0.1, 0.15) is 24.2 Å². The number of aromatic nitrogens is 2. The highest BCUT2D eigenvalue weighted by molar-refractivity contribution is 6.22. The van der Waals surface area contributed by atoms with Crippen molar-refractivity contribution in [3.05, 3.63) is 54.4 Å². The second-order valence-corrected chi connectivity index (χ2v) is 6.03. The van der Waals surface area contributed by atoms with Crippen LogP contribution in [0, 0.1) is 0 Å². The molecule has 1 atom stereocenters. The molecule has 2 heterocycles. The Morgan fingerprint density at radius 3 is 2.58 bits per heavy atom. The van der Waals surface area contributed by atoms with Crippen LogP contribution in [0.4, 0.5) is 5.69 Å². The average Bonchev–Trinajstić information content (AvgIpc) is 3.18. The van der Waals surface area contributed by atoms with E-state index >= 15 is 0 Å². The summed E-state index contributed by atoms with van der Waals surface area (Å²) in [5.74, 6) is 0.395. The van der Waals surface area contributed by atoms with Crippen LogP contribution in [0.25, 0.3) is 11.0 Å². The quantitative estimate of drug-likeness (QED) is 0.727. The highest BCUT2D eigenvalue weighted by Crippen LogP contribution is 2.33. The summed E-state index contributed by atoms with van der Waals surface area (Å²) in [6, 6.07) is 13.4. The van der Waals surface area contributed by atoms with Crippen LogP contribution in [-0.2, 0) is 16.2 Å². The summed E-state index contributed by atoms with van der Waals surface area (Å²) < 4.78 is 6.78. The van der Waals surface area contributed by atoms with Gasteiger partial charge in [-0.15, -0.1) is 0 Å². The van der Waals surface area contributed by atoms with Crippen LogP contribution in [0.1, 0.15) is 18.3 Å². The number of nitrogens with zero attached hydrogens (tertiary/aromatic N) is 3. The van der Waals surface area contributed by atoms with Gasteiger partial charge in [0.25, 0.3) is 5.91 Å². The van der Waals surface area contributed by atoms with E-state index in [2.05, 4.69) is 4.98 Å². The lowest BCUT2D eigenvalue weighted by atomic mass is 10.2. The fraction of sp³-hybridized carbons (Fsp3) is 0.211. The van der Waals surface area contributed by atoms with E-state index in [1.54, 1.807) is 35.9 Å². The van der Waals surface area contributed by atoms with Gasteiger partial charge in [-0.25, -0.2) is 9.88 Å². The lowest BCUT2D eigenvalue weighted by Crippen LogP contribution is -2.31. The maximum atomic E-state index is 13.0. The van der Waals surface area contributed by atoms with Crippen molar-refractivity contribution in [2.75, 3.05) is 12.0 Å². The Morgan fingerprint density at radius 2 is 1.88 bits per heavy atom. The first-order valence-electron chi connectivity index (χ1n) is 8.21. The van der Waals surface area contributed by atoms with E-state index in [9.17, 15) is 14.7 Å². The zero-order chi connectivity index (χ0) is 18.3. The van der Waals surface area contributed by atoms with E-state index in [4.69, 9.17) is 4.74 Å². The number of benzene rings is 2. The molecule has 3 aromatic rings. The maximum absolute atomic E-state index is 13.0. The number of hydrogen-bond acceptors (Lipinski definition) is 5. The fourth-order valence-corrected chi connectivity index (χ4v) is 3.37. The molecule has 2 amide bonds.